The molecule has 1 atom stereocenters. The Morgan fingerprint density at radius 1 is 1.24 bits per heavy atom. The van der Waals surface area contributed by atoms with E-state index < -0.39 is 23.8 Å². The molecule has 1 aliphatic rings. The third-order valence-corrected chi connectivity index (χ3v) is 5.35. The van der Waals surface area contributed by atoms with E-state index in [1.54, 1.807) is 12.1 Å². The number of hydrogen-bond acceptors (Lipinski definition) is 6. The lowest BCUT2D eigenvalue weighted by Crippen LogP contribution is -2.42. The second-order valence-corrected chi connectivity index (χ2v) is 7.63. The first-order valence-corrected chi connectivity index (χ1v) is 9.49. The normalized spacial score (nSPS) is 16.1. The Labute approximate surface area is 170 Å². The minimum Gasteiger partial charge on any atom is -0.468 e. The van der Waals surface area contributed by atoms with Crippen LogP contribution in [0, 0.1) is 5.92 Å². The molecule has 0 N–H and O–H groups in total. The Morgan fingerprint density at radius 2 is 1.93 bits per heavy atom. The van der Waals surface area contributed by atoms with Gasteiger partial charge in [-0.25, -0.2) is 9.36 Å². The number of aryl methyl sites for hydroxylation is 1. The Balaban J connectivity index is 1.97. The number of methoxy groups -OCH3 is 1. The number of rotatable bonds is 3. The number of anilines is 2. The van der Waals surface area contributed by atoms with Crippen molar-refractivity contribution in [3.05, 3.63) is 50.1 Å². The summed E-state index contributed by atoms with van der Waals surface area (Å²) in [7, 11) is 2.75. The Bertz CT molecular complexity index is 1220. The van der Waals surface area contributed by atoms with Crippen molar-refractivity contribution >= 4 is 40.4 Å². The number of nitrogens with zero attached hydrogens (tertiary/aromatic N) is 5. The van der Waals surface area contributed by atoms with E-state index in [-0.39, 0.29) is 17.1 Å². The monoisotopic (exact) mass is 417 g/mol. The summed E-state index contributed by atoms with van der Waals surface area (Å²) in [4.78, 5) is 44.1. The summed E-state index contributed by atoms with van der Waals surface area (Å²) in [5.74, 6) is 0.128. The van der Waals surface area contributed by atoms with Crippen molar-refractivity contribution < 1.29 is 9.53 Å². The number of imidazole rings is 1. The van der Waals surface area contributed by atoms with Crippen LogP contribution in [0.5, 0.6) is 0 Å². The van der Waals surface area contributed by atoms with Crippen molar-refractivity contribution in [2.75, 3.05) is 18.6 Å². The number of hydrogen-bond donors (Lipinski definition) is 0. The van der Waals surface area contributed by atoms with Crippen molar-refractivity contribution in [2.45, 2.75) is 20.0 Å². The summed E-state index contributed by atoms with van der Waals surface area (Å²) < 4.78 is 8.61. The van der Waals surface area contributed by atoms with Crippen LogP contribution >= 0.6 is 11.6 Å². The average molecular weight is 418 g/mol. The Kier molecular flexibility index (Phi) is 4.70. The molecule has 0 aliphatic carbocycles. The lowest BCUT2D eigenvalue weighted by Gasteiger charge is -2.33. The summed E-state index contributed by atoms with van der Waals surface area (Å²) in [5, 5.41) is 0.625. The van der Waals surface area contributed by atoms with Crippen LogP contribution in [0.3, 0.4) is 0 Å². The maximum atomic E-state index is 13.1. The van der Waals surface area contributed by atoms with E-state index in [9.17, 15) is 14.4 Å². The zero-order valence-electron chi connectivity index (χ0n) is 16.3. The number of carbonyl (C=O) groups is 1. The topological polar surface area (TPSA) is 91.4 Å². The molecule has 0 amide bonds. The van der Waals surface area contributed by atoms with Crippen molar-refractivity contribution in [3.8, 4) is 0 Å². The second kappa shape index (κ2) is 7.07. The molecule has 0 radical (unpaired) electrons. The molecular formula is C19H20ClN5O4. The van der Waals surface area contributed by atoms with Gasteiger partial charge < -0.3 is 14.2 Å². The van der Waals surface area contributed by atoms with E-state index in [4.69, 9.17) is 11.6 Å². The SMILES string of the molecule is COC(=O)Cn1c(=O)c2c(nc3n2C[C@H](C)CN3c2ccc(Cl)cc2)n(C)c1=O. The van der Waals surface area contributed by atoms with Gasteiger partial charge >= 0.3 is 11.7 Å². The van der Waals surface area contributed by atoms with Crippen LogP contribution in [-0.4, -0.2) is 38.3 Å². The molecule has 0 unspecified atom stereocenters. The molecule has 0 saturated heterocycles. The van der Waals surface area contributed by atoms with Gasteiger partial charge in [0, 0.05) is 30.8 Å². The predicted molar refractivity (Wildman–Crippen MR) is 109 cm³/mol. The van der Waals surface area contributed by atoms with Gasteiger partial charge in [0.2, 0.25) is 5.95 Å². The highest BCUT2D eigenvalue weighted by molar-refractivity contribution is 6.30. The fourth-order valence-electron chi connectivity index (χ4n) is 3.68. The fourth-order valence-corrected chi connectivity index (χ4v) is 3.80. The zero-order chi connectivity index (χ0) is 20.9. The van der Waals surface area contributed by atoms with Crippen LogP contribution in [-0.2, 0) is 29.7 Å². The number of fused-ring (bicyclic) bond motifs is 3. The number of benzene rings is 1. The average Bonchev–Trinajstić information content (AvgIpc) is 3.09. The summed E-state index contributed by atoms with van der Waals surface area (Å²) in [6, 6.07) is 7.36. The van der Waals surface area contributed by atoms with Gasteiger partial charge in [0.25, 0.3) is 5.56 Å². The van der Waals surface area contributed by atoms with E-state index >= 15 is 0 Å². The minimum absolute atomic E-state index is 0.223. The van der Waals surface area contributed by atoms with E-state index in [0.29, 0.717) is 24.1 Å². The van der Waals surface area contributed by atoms with Gasteiger partial charge in [-0.15, -0.1) is 0 Å². The lowest BCUT2D eigenvalue weighted by atomic mass is 10.1. The molecule has 3 heterocycles. The molecule has 1 aromatic carbocycles. The van der Waals surface area contributed by atoms with Crippen LogP contribution in [0.1, 0.15) is 6.92 Å². The van der Waals surface area contributed by atoms with Crippen LogP contribution in [0.4, 0.5) is 11.6 Å². The molecule has 0 fully saturated rings. The second-order valence-electron chi connectivity index (χ2n) is 7.20. The van der Waals surface area contributed by atoms with Gasteiger partial charge in [0.1, 0.15) is 6.54 Å². The molecular weight excluding hydrogens is 398 g/mol. The van der Waals surface area contributed by atoms with Crippen molar-refractivity contribution in [1.29, 1.82) is 0 Å². The van der Waals surface area contributed by atoms with Gasteiger partial charge in [-0.05, 0) is 30.2 Å². The van der Waals surface area contributed by atoms with Crippen LogP contribution in [0.25, 0.3) is 11.2 Å². The highest BCUT2D eigenvalue weighted by Crippen LogP contribution is 2.33. The molecule has 4 rings (SSSR count). The van der Waals surface area contributed by atoms with Crippen molar-refractivity contribution in [2.24, 2.45) is 13.0 Å². The molecule has 9 nitrogen and oxygen atoms in total. The van der Waals surface area contributed by atoms with Gasteiger partial charge in [-0.2, -0.15) is 4.98 Å². The molecule has 0 saturated carbocycles. The molecule has 2 aromatic heterocycles. The molecule has 0 bridgehead atoms. The van der Waals surface area contributed by atoms with Gasteiger partial charge in [0.05, 0.1) is 7.11 Å². The maximum Gasteiger partial charge on any atom is 0.333 e. The first-order valence-electron chi connectivity index (χ1n) is 9.11. The molecule has 0 spiro atoms. The predicted octanol–water partition coefficient (Wildman–Crippen LogP) is 1.51. The summed E-state index contributed by atoms with van der Waals surface area (Å²) in [5.41, 5.74) is 0.282. The standard InChI is InChI=1S/C19H20ClN5O4/c1-11-8-23(13-6-4-12(20)5-7-13)18-21-16-15(24(18)9-11)17(27)25(10-14(26)29-3)19(28)22(16)2/h4-7,11H,8-10H2,1-3H3/t11-/m1/s1. The van der Waals surface area contributed by atoms with E-state index in [0.717, 1.165) is 10.3 Å². The number of carbonyl (C=O) groups excluding carboxylic acids is 1. The summed E-state index contributed by atoms with van der Waals surface area (Å²) >= 11 is 6.01. The third kappa shape index (κ3) is 3.11. The van der Waals surface area contributed by atoms with Gasteiger partial charge in [0.15, 0.2) is 11.2 Å². The minimum atomic E-state index is -0.668. The summed E-state index contributed by atoms with van der Waals surface area (Å²) in [6.07, 6.45) is 0. The maximum absolute atomic E-state index is 13.1. The molecule has 3 aromatic rings. The smallest absolute Gasteiger partial charge is 0.333 e. The number of halogens is 1. The van der Waals surface area contributed by atoms with Crippen LogP contribution in [0.2, 0.25) is 5.02 Å². The van der Waals surface area contributed by atoms with Crippen LogP contribution in [0.15, 0.2) is 33.9 Å². The number of aromatic nitrogens is 4. The number of esters is 1. The quantitative estimate of drug-likeness (QED) is 0.600. The van der Waals surface area contributed by atoms with E-state index in [2.05, 4.69) is 16.6 Å². The Hall–Kier alpha value is -3.07. The molecule has 29 heavy (non-hydrogen) atoms. The molecule has 1 aliphatic heterocycles. The highest BCUT2D eigenvalue weighted by atomic mass is 35.5. The van der Waals surface area contributed by atoms with E-state index in [1.165, 1.54) is 18.7 Å². The number of ether oxygens (including phenoxy) is 1. The largest absolute Gasteiger partial charge is 0.468 e. The zero-order valence-corrected chi connectivity index (χ0v) is 17.0. The fraction of sp³-hybridized carbons (Fsp3) is 0.368. The molecule has 152 valence electrons. The van der Waals surface area contributed by atoms with Gasteiger partial charge in [-0.1, -0.05) is 18.5 Å². The first-order chi connectivity index (χ1) is 13.8. The van der Waals surface area contributed by atoms with Crippen LogP contribution < -0.4 is 16.1 Å². The van der Waals surface area contributed by atoms with Crippen molar-refractivity contribution in [3.63, 3.8) is 0 Å². The molecule has 10 heteroatoms. The third-order valence-electron chi connectivity index (χ3n) is 5.10. The Morgan fingerprint density at radius 3 is 2.59 bits per heavy atom. The first kappa shape index (κ1) is 19.3. The lowest BCUT2D eigenvalue weighted by molar-refractivity contribution is -0.141. The van der Waals surface area contributed by atoms with Crippen molar-refractivity contribution in [1.82, 2.24) is 18.7 Å². The highest BCUT2D eigenvalue weighted by Gasteiger charge is 2.30. The van der Waals surface area contributed by atoms with Gasteiger partial charge in [-0.3, -0.25) is 14.2 Å². The van der Waals surface area contributed by atoms with E-state index in [1.807, 2.05) is 21.6 Å². The summed E-state index contributed by atoms with van der Waals surface area (Å²) in [6.45, 7) is 2.90.